The topological polar surface area (TPSA) is 74.2 Å². The first-order valence-corrected chi connectivity index (χ1v) is 8.10. The summed E-state index contributed by atoms with van der Waals surface area (Å²) in [7, 11) is 2.24. The highest BCUT2D eigenvalue weighted by Gasteiger charge is 2.51. The van der Waals surface area contributed by atoms with Crippen LogP contribution in [0.2, 0.25) is 0 Å². The van der Waals surface area contributed by atoms with Crippen molar-refractivity contribution in [3.8, 4) is 5.75 Å². The monoisotopic (exact) mass is 348 g/mol. The van der Waals surface area contributed by atoms with Crippen LogP contribution in [-0.4, -0.2) is 50.2 Å². The van der Waals surface area contributed by atoms with E-state index in [0.717, 1.165) is 5.46 Å². The van der Waals surface area contributed by atoms with E-state index in [4.69, 9.17) is 18.8 Å². The number of benzene rings is 1. The lowest BCUT2D eigenvalue weighted by Gasteiger charge is -2.32. The van der Waals surface area contributed by atoms with Crippen LogP contribution in [-0.2, 0) is 18.8 Å². The Kier molecular flexibility index (Phi) is 5.61. The Morgan fingerprint density at radius 3 is 2.28 bits per heavy atom. The lowest BCUT2D eigenvalue weighted by molar-refractivity contribution is -0.133. The average Bonchev–Trinajstić information content (AvgIpc) is 2.79. The first-order valence-electron chi connectivity index (χ1n) is 8.10. The molecular weight excluding hydrogens is 323 g/mol. The normalized spacial score (nSPS) is 19.0. The summed E-state index contributed by atoms with van der Waals surface area (Å²) in [6.45, 7) is 7.60. The zero-order valence-electron chi connectivity index (χ0n) is 15.6. The number of ether oxygens (including phenoxy) is 2. The Morgan fingerprint density at radius 2 is 1.80 bits per heavy atom. The summed E-state index contributed by atoms with van der Waals surface area (Å²) in [5.74, 6) is -0.0659. The number of methoxy groups -OCH3 is 2. The molecule has 6 nitrogen and oxygen atoms in total. The highest BCUT2D eigenvalue weighted by molar-refractivity contribution is 6.62. The molecule has 0 atom stereocenters. The molecule has 0 spiro atoms. The quantitative estimate of drug-likeness (QED) is 0.494. The van der Waals surface area contributed by atoms with E-state index in [1.807, 2.05) is 33.8 Å². The van der Waals surface area contributed by atoms with Gasteiger partial charge in [0.1, 0.15) is 5.75 Å². The molecule has 1 heterocycles. The van der Waals surface area contributed by atoms with Gasteiger partial charge in [0, 0.05) is 5.56 Å². The van der Waals surface area contributed by atoms with Crippen molar-refractivity contribution in [3.05, 3.63) is 29.8 Å². The van der Waals surface area contributed by atoms with Gasteiger partial charge < -0.3 is 23.9 Å². The molecule has 1 aliphatic rings. The molecule has 0 radical (unpaired) electrons. The van der Waals surface area contributed by atoms with Crippen LogP contribution >= 0.6 is 0 Å². The van der Waals surface area contributed by atoms with Crippen molar-refractivity contribution >= 4 is 24.1 Å². The summed E-state index contributed by atoms with van der Waals surface area (Å²) in [5.41, 5.74) is 0.548. The second kappa shape index (κ2) is 7.19. The van der Waals surface area contributed by atoms with Gasteiger partial charge in [-0.1, -0.05) is 12.1 Å². The summed E-state index contributed by atoms with van der Waals surface area (Å²) in [5, 5.41) is 9.25. The van der Waals surface area contributed by atoms with E-state index in [1.54, 1.807) is 12.1 Å². The van der Waals surface area contributed by atoms with Gasteiger partial charge in [-0.3, -0.25) is 0 Å². The third-order valence-corrected chi connectivity index (χ3v) is 4.74. The van der Waals surface area contributed by atoms with E-state index in [1.165, 1.54) is 20.3 Å². The Labute approximate surface area is 148 Å². The molecule has 0 amide bonds. The lowest BCUT2D eigenvalue weighted by atomic mass is 9.77. The number of aliphatic hydroxyl groups excluding tert-OH is 1. The molecule has 1 aliphatic heterocycles. The lowest BCUT2D eigenvalue weighted by Crippen LogP contribution is -2.41. The van der Waals surface area contributed by atoms with E-state index in [9.17, 15) is 9.90 Å². The van der Waals surface area contributed by atoms with E-state index in [-0.39, 0.29) is 12.2 Å². The summed E-state index contributed by atoms with van der Waals surface area (Å²) < 4.78 is 22.3. The van der Waals surface area contributed by atoms with Crippen LogP contribution in [0, 0.1) is 0 Å². The van der Waals surface area contributed by atoms with Crippen LogP contribution in [0.15, 0.2) is 24.3 Å². The van der Waals surface area contributed by atoms with E-state index in [0.29, 0.717) is 11.3 Å². The number of carbonyl (C=O) groups is 1. The molecule has 0 bridgehead atoms. The third-order valence-electron chi connectivity index (χ3n) is 4.74. The number of hydrogen-bond acceptors (Lipinski definition) is 6. The van der Waals surface area contributed by atoms with Gasteiger partial charge in [0.15, 0.2) is 0 Å². The van der Waals surface area contributed by atoms with Gasteiger partial charge in [-0.15, -0.1) is 0 Å². The van der Waals surface area contributed by atoms with Crippen LogP contribution in [0.5, 0.6) is 5.75 Å². The number of rotatable bonds is 5. The zero-order valence-corrected chi connectivity index (χ0v) is 15.6. The van der Waals surface area contributed by atoms with Gasteiger partial charge in [-0.2, -0.15) is 0 Å². The number of hydrogen-bond donors (Lipinski definition) is 1. The fourth-order valence-corrected chi connectivity index (χ4v) is 2.57. The fourth-order valence-electron chi connectivity index (χ4n) is 2.57. The minimum atomic E-state index is -0.567. The molecule has 7 heteroatoms. The first kappa shape index (κ1) is 19.5. The largest absolute Gasteiger partial charge is 0.496 e. The molecule has 25 heavy (non-hydrogen) atoms. The minimum absolute atomic E-state index is 0.222. The van der Waals surface area contributed by atoms with Crippen LogP contribution in [0.1, 0.15) is 33.3 Å². The molecule has 136 valence electrons. The molecule has 0 aromatic heterocycles. The van der Waals surface area contributed by atoms with E-state index >= 15 is 0 Å². The van der Waals surface area contributed by atoms with Crippen LogP contribution in [0.4, 0.5) is 0 Å². The van der Waals surface area contributed by atoms with Crippen LogP contribution in [0.25, 0.3) is 5.57 Å². The maximum absolute atomic E-state index is 12.1. The number of carbonyl (C=O) groups excluding carboxylic acids is 1. The standard InChI is InChI=1S/C18H25BO6/c1-17(2)18(3,4)25-19(24-17)12-7-8-15(22-5)14(11-12)13(9-10-20)16(21)23-6/h7-9,11,20H,10H2,1-6H3/b13-9+. The van der Waals surface area contributed by atoms with Crippen molar-refractivity contribution in [3.63, 3.8) is 0 Å². The van der Waals surface area contributed by atoms with Crippen molar-refractivity contribution in [1.29, 1.82) is 0 Å². The van der Waals surface area contributed by atoms with Crippen molar-refractivity contribution < 1.29 is 28.7 Å². The first-order chi connectivity index (χ1) is 11.7. The molecule has 0 aliphatic carbocycles. The summed E-state index contributed by atoms with van der Waals surface area (Å²) in [6.07, 6.45) is 1.39. The molecular formula is C18H25BO6. The third kappa shape index (κ3) is 3.73. The smallest absolute Gasteiger partial charge is 0.494 e. The Morgan fingerprint density at radius 1 is 1.20 bits per heavy atom. The number of aliphatic hydroxyl groups is 1. The molecule has 1 fully saturated rings. The molecule has 0 saturated carbocycles. The molecule has 1 saturated heterocycles. The Bertz CT molecular complexity index is 664. The maximum atomic E-state index is 12.1. The van der Waals surface area contributed by atoms with E-state index in [2.05, 4.69) is 0 Å². The summed E-state index contributed by atoms with van der Waals surface area (Å²) in [4.78, 5) is 12.1. The van der Waals surface area contributed by atoms with Gasteiger partial charge in [0.05, 0.1) is 37.6 Å². The second-order valence-electron chi connectivity index (χ2n) is 6.84. The fraction of sp³-hybridized carbons (Fsp3) is 0.500. The summed E-state index contributed by atoms with van der Waals surface area (Å²) >= 11 is 0. The zero-order chi connectivity index (χ0) is 18.8. The van der Waals surface area contributed by atoms with E-state index < -0.39 is 24.3 Å². The molecule has 2 rings (SSSR count). The molecule has 1 aromatic carbocycles. The molecule has 0 unspecified atom stereocenters. The van der Waals surface area contributed by atoms with Crippen molar-refractivity contribution in [2.45, 2.75) is 38.9 Å². The van der Waals surface area contributed by atoms with Crippen molar-refractivity contribution in [1.82, 2.24) is 0 Å². The predicted molar refractivity (Wildman–Crippen MR) is 95.8 cm³/mol. The molecule has 1 aromatic rings. The highest BCUT2D eigenvalue weighted by Crippen LogP contribution is 2.37. The Balaban J connectivity index is 2.48. The second-order valence-corrected chi connectivity index (χ2v) is 6.84. The van der Waals surface area contributed by atoms with Crippen LogP contribution < -0.4 is 10.2 Å². The summed E-state index contributed by atoms with van der Waals surface area (Å²) in [6, 6.07) is 5.33. The average molecular weight is 348 g/mol. The Hall–Kier alpha value is -1.83. The van der Waals surface area contributed by atoms with Gasteiger partial charge in [0.25, 0.3) is 0 Å². The molecule has 1 N–H and O–H groups in total. The maximum Gasteiger partial charge on any atom is 0.494 e. The van der Waals surface area contributed by atoms with Crippen molar-refractivity contribution in [2.75, 3.05) is 20.8 Å². The van der Waals surface area contributed by atoms with Crippen LogP contribution in [0.3, 0.4) is 0 Å². The number of esters is 1. The van der Waals surface area contributed by atoms with Gasteiger partial charge in [0.2, 0.25) is 0 Å². The minimum Gasteiger partial charge on any atom is -0.496 e. The SMILES string of the molecule is COC(=O)/C(=C/CO)c1cc(B2OC(C)(C)C(C)(C)O2)ccc1OC. The van der Waals surface area contributed by atoms with Crippen molar-refractivity contribution in [2.24, 2.45) is 0 Å². The van der Waals surface area contributed by atoms with Gasteiger partial charge >= 0.3 is 13.1 Å². The van der Waals surface area contributed by atoms with Gasteiger partial charge in [-0.25, -0.2) is 4.79 Å². The predicted octanol–water partition coefficient (Wildman–Crippen LogP) is 1.54. The highest BCUT2D eigenvalue weighted by atomic mass is 16.7. The van der Waals surface area contributed by atoms with Gasteiger partial charge in [-0.05, 0) is 45.3 Å².